The Balaban J connectivity index is 2.92. The normalized spacial score (nSPS) is 13.6. The first-order chi connectivity index (χ1) is 9.47. The Morgan fingerprint density at radius 3 is 2.65 bits per heavy atom. The van der Waals surface area contributed by atoms with Crippen LogP contribution in [0.1, 0.15) is 12.5 Å². The number of methoxy groups -OCH3 is 2. The van der Waals surface area contributed by atoms with Gasteiger partial charge in [0.1, 0.15) is 5.75 Å². The van der Waals surface area contributed by atoms with Gasteiger partial charge in [-0.2, -0.15) is 0 Å². The Morgan fingerprint density at radius 2 is 2.15 bits per heavy atom. The maximum absolute atomic E-state index is 11.1. The van der Waals surface area contributed by atoms with Gasteiger partial charge in [0.05, 0.1) is 24.7 Å². The van der Waals surface area contributed by atoms with Crippen molar-refractivity contribution < 1.29 is 23.0 Å². The zero-order chi connectivity index (χ0) is 15.1. The summed E-state index contributed by atoms with van der Waals surface area (Å²) in [5.74, 6) is 0.137. The van der Waals surface area contributed by atoms with Gasteiger partial charge in [-0.05, 0) is 35.2 Å². The van der Waals surface area contributed by atoms with Crippen LogP contribution in [0.3, 0.4) is 0 Å². The predicted octanol–water partition coefficient (Wildman–Crippen LogP) is 0.627. The van der Waals surface area contributed by atoms with Crippen molar-refractivity contribution >= 4 is 17.0 Å². The van der Waals surface area contributed by atoms with Gasteiger partial charge in [0.25, 0.3) is 0 Å². The molecule has 112 valence electrons. The van der Waals surface area contributed by atoms with Crippen LogP contribution < -0.4 is 10.1 Å². The highest BCUT2D eigenvalue weighted by atomic mass is 32.2. The van der Waals surface area contributed by atoms with E-state index in [1.165, 1.54) is 20.1 Å². The van der Waals surface area contributed by atoms with E-state index < -0.39 is 11.1 Å². The van der Waals surface area contributed by atoms with Crippen LogP contribution in [0.5, 0.6) is 5.75 Å². The molecule has 0 spiro atoms. The van der Waals surface area contributed by atoms with E-state index in [9.17, 15) is 13.6 Å². The largest absolute Gasteiger partial charge is 0.768 e. The van der Waals surface area contributed by atoms with Crippen LogP contribution in [0, 0.1) is 0 Å². The zero-order valence-electron chi connectivity index (χ0n) is 11.7. The minimum absolute atomic E-state index is 0.101. The van der Waals surface area contributed by atoms with Gasteiger partial charge >= 0.3 is 0 Å². The lowest BCUT2D eigenvalue weighted by molar-refractivity contribution is -0.120. The lowest BCUT2D eigenvalue weighted by atomic mass is 10.1. The van der Waals surface area contributed by atoms with E-state index >= 15 is 0 Å². The minimum Gasteiger partial charge on any atom is -0.768 e. The van der Waals surface area contributed by atoms with Crippen molar-refractivity contribution in [3.05, 3.63) is 23.8 Å². The summed E-state index contributed by atoms with van der Waals surface area (Å²) in [6, 6.07) is 4.68. The van der Waals surface area contributed by atoms with E-state index in [0.717, 1.165) is 5.56 Å². The number of amides is 1. The molecule has 0 aliphatic heterocycles. The van der Waals surface area contributed by atoms with E-state index in [2.05, 4.69) is 5.32 Å². The number of benzene rings is 1. The summed E-state index contributed by atoms with van der Waals surface area (Å²) >= 11 is -2.37. The van der Waals surface area contributed by atoms with Crippen LogP contribution in [0.4, 0.5) is 0 Å². The summed E-state index contributed by atoms with van der Waals surface area (Å²) in [5, 5.41) is 2.76. The Morgan fingerprint density at radius 1 is 1.45 bits per heavy atom. The third kappa shape index (κ3) is 4.92. The molecule has 0 fully saturated rings. The van der Waals surface area contributed by atoms with Crippen molar-refractivity contribution in [1.82, 2.24) is 5.32 Å². The first-order valence-electron chi connectivity index (χ1n) is 6.00. The van der Waals surface area contributed by atoms with Gasteiger partial charge in [0.2, 0.25) is 5.91 Å². The highest BCUT2D eigenvalue weighted by Crippen LogP contribution is 2.23. The second-order valence-electron chi connectivity index (χ2n) is 4.28. The summed E-state index contributed by atoms with van der Waals surface area (Å²) < 4.78 is 32.3. The van der Waals surface area contributed by atoms with Gasteiger partial charge in [-0.3, -0.25) is 9.00 Å². The molecule has 1 rings (SSSR count). The Kier molecular flexibility index (Phi) is 6.63. The molecule has 7 heteroatoms. The maximum atomic E-state index is 11.1. The first-order valence-corrected chi connectivity index (χ1v) is 7.07. The molecule has 6 nitrogen and oxygen atoms in total. The van der Waals surface area contributed by atoms with Crippen molar-refractivity contribution in [3.8, 4) is 5.75 Å². The number of carbonyl (C=O) groups excluding carboxylic acids is 1. The number of carbonyl (C=O) groups is 1. The SMILES string of the molecule is COC[C@H](Cc1ccc(OC)c(S(=O)[O-])c1)NC(C)=O. The van der Waals surface area contributed by atoms with E-state index in [1.807, 2.05) is 0 Å². The fraction of sp³-hybridized carbons (Fsp3) is 0.462. The number of ether oxygens (including phenoxy) is 2. The molecule has 0 aliphatic carbocycles. The van der Waals surface area contributed by atoms with Crippen molar-refractivity contribution in [2.75, 3.05) is 20.8 Å². The standard InChI is InChI=1S/C13H19NO5S/c1-9(15)14-11(8-18-2)6-10-4-5-12(19-3)13(7-10)20(16)17/h4-5,7,11H,6,8H2,1-3H3,(H,14,15)(H,16,17)/p-1/t11-/m0/s1. The summed E-state index contributed by atoms with van der Waals surface area (Å²) in [6.45, 7) is 1.77. The smallest absolute Gasteiger partial charge is 0.217 e. The first kappa shape index (κ1) is 16.6. The van der Waals surface area contributed by atoms with Crippen LogP contribution in [0.2, 0.25) is 0 Å². The molecule has 0 saturated heterocycles. The van der Waals surface area contributed by atoms with Gasteiger partial charge in [0, 0.05) is 14.0 Å². The molecular weight excluding hydrogens is 282 g/mol. The van der Waals surface area contributed by atoms with Crippen molar-refractivity contribution in [2.24, 2.45) is 0 Å². The zero-order valence-corrected chi connectivity index (χ0v) is 12.5. The monoisotopic (exact) mass is 300 g/mol. The summed E-state index contributed by atoms with van der Waals surface area (Å²) in [6.07, 6.45) is 0.474. The van der Waals surface area contributed by atoms with Gasteiger partial charge in [0.15, 0.2) is 0 Å². The fourth-order valence-corrected chi connectivity index (χ4v) is 2.47. The number of hydrogen-bond acceptors (Lipinski definition) is 5. The third-order valence-electron chi connectivity index (χ3n) is 2.66. The molecule has 0 heterocycles. The van der Waals surface area contributed by atoms with Crippen molar-refractivity contribution in [1.29, 1.82) is 0 Å². The molecule has 1 amide bonds. The molecule has 0 aromatic heterocycles. The predicted molar refractivity (Wildman–Crippen MR) is 73.4 cm³/mol. The Bertz CT molecular complexity index is 492. The molecule has 1 N–H and O–H groups in total. The van der Waals surface area contributed by atoms with Crippen LogP contribution >= 0.6 is 0 Å². The molecule has 0 radical (unpaired) electrons. The highest BCUT2D eigenvalue weighted by molar-refractivity contribution is 7.79. The number of rotatable bonds is 7. The Hall–Kier alpha value is -1.44. The molecule has 1 aromatic rings. The average Bonchev–Trinajstić information content (AvgIpc) is 2.38. The van der Waals surface area contributed by atoms with E-state index in [1.54, 1.807) is 19.2 Å². The van der Waals surface area contributed by atoms with Crippen LogP contribution in [0.25, 0.3) is 0 Å². The molecule has 0 aliphatic rings. The van der Waals surface area contributed by atoms with Crippen LogP contribution in [-0.4, -0.2) is 41.5 Å². The molecule has 20 heavy (non-hydrogen) atoms. The van der Waals surface area contributed by atoms with Crippen molar-refractivity contribution in [2.45, 2.75) is 24.3 Å². The highest BCUT2D eigenvalue weighted by Gasteiger charge is 2.12. The van der Waals surface area contributed by atoms with Gasteiger partial charge in [-0.1, -0.05) is 6.07 Å². The molecule has 0 bridgehead atoms. The van der Waals surface area contributed by atoms with Crippen LogP contribution in [-0.2, 0) is 27.0 Å². The summed E-state index contributed by atoms with van der Waals surface area (Å²) in [4.78, 5) is 11.2. The second-order valence-corrected chi connectivity index (χ2v) is 5.19. The van der Waals surface area contributed by atoms with Gasteiger partial charge < -0.3 is 19.3 Å². The van der Waals surface area contributed by atoms with Crippen LogP contribution in [0.15, 0.2) is 23.1 Å². The molecule has 1 unspecified atom stereocenters. The van der Waals surface area contributed by atoms with E-state index in [0.29, 0.717) is 18.8 Å². The molecule has 0 saturated carbocycles. The Labute approximate surface area is 120 Å². The van der Waals surface area contributed by atoms with Crippen molar-refractivity contribution in [3.63, 3.8) is 0 Å². The lowest BCUT2D eigenvalue weighted by Crippen LogP contribution is -2.38. The fourth-order valence-electron chi connectivity index (χ4n) is 1.90. The summed E-state index contributed by atoms with van der Waals surface area (Å²) in [7, 11) is 2.96. The lowest BCUT2D eigenvalue weighted by Gasteiger charge is -2.18. The van der Waals surface area contributed by atoms with E-state index in [-0.39, 0.29) is 16.8 Å². The second kappa shape index (κ2) is 7.98. The minimum atomic E-state index is -2.37. The molecular formula is C13H18NO5S-. The van der Waals surface area contributed by atoms with Gasteiger partial charge in [-0.25, -0.2) is 0 Å². The average molecular weight is 300 g/mol. The van der Waals surface area contributed by atoms with E-state index in [4.69, 9.17) is 9.47 Å². The molecule has 1 aromatic carbocycles. The number of nitrogens with one attached hydrogen (secondary N) is 1. The molecule has 2 atom stereocenters. The quantitative estimate of drug-likeness (QED) is 0.746. The number of hydrogen-bond donors (Lipinski definition) is 1. The van der Waals surface area contributed by atoms with Gasteiger partial charge in [-0.15, -0.1) is 0 Å². The topological polar surface area (TPSA) is 87.7 Å². The third-order valence-corrected chi connectivity index (χ3v) is 3.34. The maximum Gasteiger partial charge on any atom is 0.217 e. The summed E-state index contributed by atoms with van der Waals surface area (Å²) in [5.41, 5.74) is 0.779.